The van der Waals surface area contributed by atoms with Gasteiger partial charge in [0.1, 0.15) is 11.5 Å². The minimum atomic E-state index is -1.82. The molecule has 0 bridgehead atoms. The van der Waals surface area contributed by atoms with E-state index >= 15 is 0 Å². The molecule has 172 valence electrons. The lowest BCUT2D eigenvalue weighted by Crippen LogP contribution is -2.48. The first-order valence-corrected chi connectivity index (χ1v) is 10.0. The molecule has 1 aliphatic heterocycles. The third-order valence-electron chi connectivity index (χ3n) is 4.99. The number of ether oxygens (including phenoxy) is 2. The molecule has 0 saturated carbocycles. The molecule has 1 saturated heterocycles. The number of rotatable bonds is 6. The Hall–Kier alpha value is -3.59. The Balaban J connectivity index is 0.000000534. The number of methoxy groups -OCH3 is 2. The van der Waals surface area contributed by atoms with E-state index in [1.165, 1.54) is 0 Å². The third-order valence-corrected chi connectivity index (χ3v) is 4.99. The number of hydrogen-bond donors (Lipinski definition) is 2. The number of benzene rings is 2. The van der Waals surface area contributed by atoms with Gasteiger partial charge in [-0.25, -0.2) is 9.59 Å². The van der Waals surface area contributed by atoms with Crippen molar-refractivity contribution in [1.29, 1.82) is 0 Å². The topological polar surface area (TPSA) is 117 Å². The van der Waals surface area contributed by atoms with E-state index in [1.807, 2.05) is 53.4 Å². The average Bonchev–Trinajstić information content (AvgIpc) is 2.80. The lowest BCUT2D eigenvalue weighted by molar-refractivity contribution is -0.159. The van der Waals surface area contributed by atoms with E-state index in [9.17, 15) is 4.79 Å². The van der Waals surface area contributed by atoms with E-state index in [-0.39, 0.29) is 5.91 Å². The van der Waals surface area contributed by atoms with Crippen LogP contribution in [0.5, 0.6) is 11.5 Å². The zero-order valence-corrected chi connectivity index (χ0v) is 18.2. The SMILES string of the molecule is COc1ccc(OC)c(CN2CCN(C(=O)Cc3ccccc3)CC2)c1.O=C(O)C(=O)O. The van der Waals surface area contributed by atoms with Gasteiger partial charge in [-0.3, -0.25) is 9.69 Å². The van der Waals surface area contributed by atoms with Gasteiger partial charge in [0.25, 0.3) is 0 Å². The number of amides is 1. The number of carboxylic acid groups (broad SMARTS) is 2. The second-order valence-corrected chi connectivity index (χ2v) is 7.11. The molecule has 3 rings (SSSR count). The fraction of sp³-hybridized carbons (Fsp3) is 0.348. The molecule has 9 heteroatoms. The van der Waals surface area contributed by atoms with E-state index in [0.717, 1.165) is 55.3 Å². The molecule has 9 nitrogen and oxygen atoms in total. The van der Waals surface area contributed by atoms with Crippen molar-refractivity contribution in [2.45, 2.75) is 13.0 Å². The summed E-state index contributed by atoms with van der Waals surface area (Å²) in [6.45, 7) is 4.04. The number of carboxylic acids is 2. The molecule has 0 aromatic heterocycles. The summed E-state index contributed by atoms with van der Waals surface area (Å²) in [6, 6.07) is 15.8. The van der Waals surface area contributed by atoms with Gasteiger partial charge in [0, 0.05) is 38.3 Å². The molecular formula is C23H28N2O7. The number of piperazine rings is 1. The smallest absolute Gasteiger partial charge is 0.414 e. The van der Waals surface area contributed by atoms with Crippen molar-refractivity contribution in [3.05, 3.63) is 59.7 Å². The number of carbonyl (C=O) groups excluding carboxylic acids is 1. The standard InChI is InChI=1S/C21H26N2O3.C2H2O4/c1-25-19-8-9-20(26-2)18(15-19)16-22-10-12-23(13-11-22)21(24)14-17-6-4-3-5-7-17;3-1(4)2(5)6/h3-9,15H,10-14,16H2,1-2H3;(H,3,4)(H,5,6). The van der Waals surface area contributed by atoms with Crippen molar-refractivity contribution in [2.75, 3.05) is 40.4 Å². The maximum Gasteiger partial charge on any atom is 0.414 e. The first-order chi connectivity index (χ1) is 15.3. The van der Waals surface area contributed by atoms with E-state index in [1.54, 1.807) is 14.2 Å². The minimum Gasteiger partial charge on any atom is -0.497 e. The highest BCUT2D eigenvalue weighted by molar-refractivity contribution is 6.27. The van der Waals surface area contributed by atoms with E-state index < -0.39 is 11.9 Å². The van der Waals surface area contributed by atoms with Gasteiger partial charge in [-0.2, -0.15) is 0 Å². The molecule has 0 atom stereocenters. The predicted molar refractivity (Wildman–Crippen MR) is 117 cm³/mol. The number of aliphatic carboxylic acids is 2. The Bertz CT molecular complexity index is 898. The molecule has 2 aromatic rings. The summed E-state index contributed by atoms with van der Waals surface area (Å²) in [5, 5.41) is 14.8. The van der Waals surface area contributed by atoms with Crippen LogP contribution in [0.1, 0.15) is 11.1 Å². The molecule has 2 N–H and O–H groups in total. The molecule has 32 heavy (non-hydrogen) atoms. The Labute approximate surface area is 186 Å². The zero-order valence-electron chi connectivity index (χ0n) is 18.2. The molecule has 0 unspecified atom stereocenters. The van der Waals surface area contributed by atoms with Crippen LogP contribution in [0, 0.1) is 0 Å². The summed E-state index contributed by atoms with van der Waals surface area (Å²) < 4.78 is 10.8. The molecule has 1 aliphatic rings. The van der Waals surface area contributed by atoms with Crippen LogP contribution >= 0.6 is 0 Å². The average molecular weight is 444 g/mol. The summed E-state index contributed by atoms with van der Waals surface area (Å²) >= 11 is 0. The Kier molecular flexibility index (Phi) is 9.49. The first-order valence-electron chi connectivity index (χ1n) is 10.0. The molecular weight excluding hydrogens is 416 g/mol. The molecule has 0 aliphatic carbocycles. The van der Waals surface area contributed by atoms with Gasteiger partial charge >= 0.3 is 11.9 Å². The Morgan fingerprint density at radius 1 is 0.875 bits per heavy atom. The van der Waals surface area contributed by atoms with E-state index in [4.69, 9.17) is 29.3 Å². The van der Waals surface area contributed by atoms with Crippen molar-refractivity contribution in [3.63, 3.8) is 0 Å². The van der Waals surface area contributed by atoms with Gasteiger partial charge in [-0.15, -0.1) is 0 Å². The largest absolute Gasteiger partial charge is 0.497 e. The second-order valence-electron chi connectivity index (χ2n) is 7.11. The maximum absolute atomic E-state index is 12.5. The Morgan fingerprint density at radius 3 is 2.03 bits per heavy atom. The van der Waals surface area contributed by atoms with Crippen LogP contribution in [0.15, 0.2) is 48.5 Å². The quantitative estimate of drug-likeness (QED) is 0.648. The van der Waals surface area contributed by atoms with Crippen LogP contribution < -0.4 is 9.47 Å². The predicted octanol–water partition coefficient (Wildman–Crippen LogP) is 1.75. The molecule has 2 aromatic carbocycles. The van der Waals surface area contributed by atoms with Crippen molar-refractivity contribution < 1.29 is 34.1 Å². The maximum atomic E-state index is 12.5. The van der Waals surface area contributed by atoms with Crippen molar-refractivity contribution in [3.8, 4) is 11.5 Å². The third kappa shape index (κ3) is 7.59. The molecule has 1 fully saturated rings. The second kappa shape index (κ2) is 12.3. The lowest BCUT2D eigenvalue weighted by Gasteiger charge is -2.35. The fourth-order valence-corrected chi connectivity index (χ4v) is 3.28. The summed E-state index contributed by atoms with van der Waals surface area (Å²) in [6.07, 6.45) is 0.477. The van der Waals surface area contributed by atoms with Crippen LogP contribution in [0.25, 0.3) is 0 Å². The van der Waals surface area contributed by atoms with Crippen LogP contribution in [0.2, 0.25) is 0 Å². The van der Waals surface area contributed by atoms with Gasteiger partial charge in [0.2, 0.25) is 5.91 Å². The highest BCUT2D eigenvalue weighted by Crippen LogP contribution is 2.25. The summed E-state index contributed by atoms with van der Waals surface area (Å²) in [5.74, 6) is -1.74. The van der Waals surface area contributed by atoms with Gasteiger partial charge in [0.05, 0.1) is 20.6 Å². The molecule has 0 spiro atoms. The normalized spacial score (nSPS) is 13.5. The van der Waals surface area contributed by atoms with Gasteiger partial charge in [-0.05, 0) is 23.8 Å². The van der Waals surface area contributed by atoms with Gasteiger partial charge in [-0.1, -0.05) is 30.3 Å². The molecule has 0 radical (unpaired) electrons. The number of hydrogen-bond acceptors (Lipinski definition) is 6. The summed E-state index contributed by atoms with van der Waals surface area (Å²) in [4.78, 5) is 35.0. The summed E-state index contributed by atoms with van der Waals surface area (Å²) in [7, 11) is 3.36. The van der Waals surface area contributed by atoms with Crippen LogP contribution in [-0.2, 0) is 27.3 Å². The van der Waals surface area contributed by atoms with Crippen molar-refractivity contribution in [1.82, 2.24) is 9.80 Å². The van der Waals surface area contributed by atoms with Crippen molar-refractivity contribution >= 4 is 17.8 Å². The van der Waals surface area contributed by atoms with Gasteiger partial charge < -0.3 is 24.6 Å². The van der Waals surface area contributed by atoms with Crippen LogP contribution in [0.4, 0.5) is 0 Å². The zero-order chi connectivity index (χ0) is 23.5. The molecule has 1 amide bonds. The monoisotopic (exact) mass is 444 g/mol. The van der Waals surface area contributed by atoms with Crippen LogP contribution in [-0.4, -0.2) is 78.3 Å². The van der Waals surface area contributed by atoms with E-state index in [0.29, 0.717) is 6.42 Å². The molecule has 1 heterocycles. The Morgan fingerprint density at radius 2 is 1.50 bits per heavy atom. The number of nitrogens with zero attached hydrogens (tertiary/aromatic N) is 2. The van der Waals surface area contributed by atoms with E-state index in [2.05, 4.69) is 4.90 Å². The van der Waals surface area contributed by atoms with Crippen molar-refractivity contribution in [2.24, 2.45) is 0 Å². The van der Waals surface area contributed by atoms with Crippen LogP contribution in [0.3, 0.4) is 0 Å². The lowest BCUT2D eigenvalue weighted by atomic mass is 10.1. The van der Waals surface area contributed by atoms with Gasteiger partial charge in [0.15, 0.2) is 0 Å². The summed E-state index contributed by atoms with van der Waals surface area (Å²) in [5.41, 5.74) is 2.18. The highest BCUT2D eigenvalue weighted by Gasteiger charge is 2.22. The fourth-order valence-electron chi connectivity index (χ4n) is 3.28. The first kappa shape index (κ1) is 24.7. The minimum absolute atomic E-state index is 0.204. The highest BCUT2D eigenvalue weighted by atomic mass is 16.5. The number of carbonyl (C=O) groups is 3.